The summed E-state index contributed by atoms with van der Waals surface area (Å²) >= 11 is 1.08. The topological polar surface area (TPSA) is 67.8 Å². The zero-order chi connectivity index (χ0) is 13.0. The average molecular weight is 264 g/mol. The minimum Gasteiger partial charge on any atom is -0.465 e. The van der Waals surface area contributed by atoms with Crippen molar-refractivity contribution in [2.45, 2.75) is 12.2 Å². The molecule has 0 spiro atoms. The van der Waals surface area contributed by atoms with Gasteiger partial charge in [0.05, 0.1) is 12.3 Å². The Bertz CT molecular complexity index is 487. The van der Waals surface area contributed by atoms with Crippen LogP contribution in [0.2, 0.25) is 0 Å². The number of esters is 1. The molecule has 1 aromatic rings. The second-order valence-corrected chi connectivity index (χ2v) is 4.59. The SMILES string of the molecule is CCOC(=O)[C@H]1SC(=Nc2ccccc2)NC1=O. The Morgan fingerprint density at radius 1 is 1.44 bits per heavy atom. The van der Waals surface area contributed by atoms with Crippen LogP contribution < -0.4 is 5.32 Å². The lowest BCUT2D eigenvalue weighted by molar-refractivity contribution is -0.144. The first-order valence-electron chi connectivity index (χ1n) is 5.48. The molecule has 0 bridgehead atoms. The van der Waals surface area contributed by atoms with Crippen LogP contribution in [0.3, 0.4) is 0 Å². The number of ether oxygens (including phenoxy) is 1. The second kappa shape index (κ2) is 5.68. The van der Waals surface area contributed by atoms with E-state index in [9.17, 15) is 9.59 Å². The lowest BCUT2D eigenvalue weighted by atomic mass is 10.3. The molecule has 1 aliphatic heterocycles. The first kappa shape index (κ1) is 12.6. The fourth-order valence-corrected chi connectivity index (χ4v) is 2.28. The molecular formula is C12H12N2O3S. The van der Waals surface area contributed by atoms with E-state index in [1.807, 2.05) is 30.3 Å². The van der Waals surface area contributed by atoms with E-state index < -0.39 is 11.2 Å². The second-order valence-electron chi connectivity index (χ2n) is 3.49. The highest BCUT2D eigenvalue weighted by molar-refractivity contribution is 8.16. The Labute approximate surface area is 109 Å². The number of nitrogens with one attached hydrogen (secondary N) is 1. The van der Waals surface area contributed by atoms with E-state index in [0.717, 1.165) is 17.4 Å². The smallest absolute Gasteiger partial charge is 0.329 e. The molecule has 0 saturated carbocycles. The van der Waals surface area contributed by atoms with E-state index in [4.69, 9.17) is 4.74 Å². The number of thioether (sulfide) groups is 1. The minimum absolute atomic E-state index is 0.258. The molecule has 18 heavy (non-hydrogen) atoms. The fraction of sp³-hybridized carbons (Fsp3) is 0.250. The van der Waals surface area contributed by atoms with Crippen molar-refractivity contribution in [3.63, 3.8) is 0 Å². The number of para-hydroxylation sites is 1. The third-order valence-corrected chi connectivity index (χ3v) is 3.24. The van der Waals surface area contributed by atoms with Crippen molar-refractivity contribution in [2.75, 3.05) is 6.61 Å². The van der Waals surface area contributed by atoms with E-state index in [0.29, 0.717) is 5.17 Å². The van der Waals surface area contributed by atoms with Gasteiger partial charge in [0.25, 0.3) is 5.91 Å². The standard InChI is InChI=1S/C12H12N2O3S/c1-2-17-11(16)9-10(15)14-12(18-9)13-8-6-4-3-5-7-8/h3-7,9H,2H2,1H3,(H,13,14,15)/t9-/m0/s1. The highest BCUT2D eigenvalue weighted by Gasteiger charge is 2.37. The maximum absolute atomic E-state index is 11.6. The number of aliphatic imine (C=N–C) groups is 1. The molecule has 5 nitrogen and oxygen atoms in total. The van der Waals surface area contributed by atoms with Gasteiger partial charge in [0.1, 0.15) is 0 Å². The quantitative estimate of drug-likeness (QED) is 0.663. The van der Waals surface area contributed by atoms with Crippen molar-refractivity contribution >= 4 is 34.5 Å². The first-order valence-corrected chi connectivity index (χ1v) is 6.36. The van der Waals surface area contributed by atoms with E-state index in [1.165, 1.54) is 0 Å². The average Bonchev–Trinajstić information content (AvgIpc) is 2.72. The molecule has 6 heteroatoms. The van der Waals surface area contributed by atoms with Crippen molar-refractivity contribution in [1.82, 2.24) is 5.32 Å². The summed E-state index contributed by atoms with van der Waals surface area (Å²) in [6.07, 6.45) is 0. The number of rotatable bonds is 3. The molecule has 0 aliphatic carbocycles. The monoisotopic (exact) mass is 264 g/mol. The number of amides is 1. The third kappa shape index (κ3) is 2.89. The highest BCUT2D eigenvalue weighted by Crippen LogP contribution is 2.23. The maximum Gasteiger partial charge on any atom is 0.329 e. The molecule has 1 aliphatic rings. The Kier molecular flexibility index (Phi) is 3.99. The summed E-state index contributed by atoms with van der Waals surface area (Å²) in [7, 11) is 0. The van der Waals surface area contributed by atoms with Crippen LogP contribution in [0.15, 0.2) is 35.3 Å². The van der Waals surface area contributed by atoms with Gasteiger partial charge in [-0.15, -0.1) is 0 Å². The van der Waals surface area contributed by atoms with Gasteiger partial charge >= 0.3 is 5.97 Å². The summed E-state index contributed by atoms with van der Waals surface area (Å²) in [5, 5.41) is 2.13. The third-order valence-electron chi connectivity index (χ3n) is 2.19. The normalized spacial score (nSPS) is 20.8. The maximum atomic E-state index is 11.6. The number of benzene rings is 1. The number of hydrogen-bond donors (Lipinski definition) is 1. The van der Waals surface area contributed by atoms with Gasteiger partial charge in [0.15, 0.2) is 10.4 Å². The van der Waals surface area contributed by atoms with Gasteiger partial charge in [0, 0.05) is 0 Å². The molecule has 1 heterocycles. The molecule has 0 radical (unpaired) electrons. The van der Waals surface area contributed by atoms with Crippen molar-refractivity contribution in [1.29, 1.82) is 0 Å². The Hall–Kier alpha value is -1.82. The number of amidine groups is 1. The van der Waals surface area contributed by atoms with E-state index in [1.54, 1.807) is 6.92 Å². The lowest BCUT2D eigenvalue weighted by Crippen LogP contribution is -2.31. The fourth-order valence-electron chi connectivity index (χ4n) is 1.41. The van der Waals surface area contributed by atoms with Crippen molar-refractivity contribution in [3.8, 4) is 0 Å². The van der Waals surface area contributed by atoms with Gasteiger partial charge < -0.3 is 10.1 Å². The number of carbonyl (C=O) groups excluding carboxylic acids is 2. The van der Waals surface area contributed by atoms with Crippen molar-refractivity contribution < 1.29 is 14.3 Å². The van der Waals surface area contributed by atoms with Crippen LogP contribution in [0.1, 0.15) is 6.92 Å². The van der Waals surface area contributed by atoms with E-state index >= 15 is 0 Å². The van der Waals surface area contributed by atoms with Crippen LogP contribution in [0.4, 0.5) is 5.69 Å². The van der Waals surface area contributed by atoms with Crippen LogP contribution >= 0.6 is 11.8 Å². The predicted octanol–water partition coefficient (Wildman–Crippen LogP) is 1.47. The van der Waals surface area contributed by atoms with E-state index in [2.05, 4.69) is 10.3 Å². The Balaban J connectivity index is 2.09. The summed E-state index contributed by atoms with van der Waals surface area (Å²) in [5.41, 5.74) is 0.727. The Morgan fingerprint density at radius 2 is 2.17 bits per heavy atom. The number of carbonyl (C=O) groups is 2. The molecule has 1 amide bonds. The van der Waals surface area contributed by atoms with Gasteiger partial charge in [-0.25, -0.2) is 4.99 Å². The number of nitrogens with zero attached hydrogens (tertiary/aromatic N) is 1. The van der Waals surface area contributed by atoms with Gasteiger partial charge in [-0.1, -0.05) is 30.0 Å². The van der Waals surface area contributed by atoms with Crippen molar-refractivity contribution in [3.05, 3.63) is 30.3 Å². The van der Waals surface area contributed by atoms with Crippen LogP contribution in [0, 0.1) is 0 Å². The predicted molar refractivity (Wildman–Crippen MR) is 69.7 cm³/mol. The molecule has 1 N–H and O–H groups in total. The summed E-state index contributed by atoms with van der Waals surface area (Å²) < 4.78 is 4.82. The van der Waals surface area contributed by atoms with Crippen molar-refractivity contribution in [2.24, 2.45) is 4.99 Å². The number of hydrogen-bond acceptors (Lipinski definition) is 5. The van der Waals surface area contributed by atoms with Crippen LogP contribution in [-0.2, 0) is 14.3 Å². The van der Waals surface area contributed by atoms with Gasteiger partial charge in [-0.2, -0.15) is 0 Å². The lowest BCUT2D eigenvalue weighted by Gasteiger charge is -2.03. The first-order chi connectivity index (χ1) is 8.70. The molecule has 1 atom stereocenters. The van der Waals surface area contributed by atoms with E-state index in [-0.39, 0.29) is 12.5 Å². The molecular weight excluding hydrogens is 252 g/mol. The van der Waals surface area contributed by atoms with Gasteiger partial charge in [-0.3, -0.25) is 9.59 Å². The zero-order valence-corrected chi connectivity index (χ0v) is 10.6. The van der Waals surface area contributed by atoms with Crippen LogP contribution in [0.25, 0.3) is 0 Å². The highest BCUT2D eigenvalue weighted by atomic mass is 32.2. The molecule has 0 unspecified atom stereocenters. The molecule has 2 rings (SSSR count). The largest absolute Gasteiger partial charge is 0.465 e. The molecule has 1 aromatic carbocycles. The summed E-state index contributed by atoms with van der Waals surface area (Å²) in [4.78, 5) is 27.3. The Morgan fingerprint density at radius 3 is 2.83 bits per heavy atom. The summed E-state index contributed by atoms with van der Waals surface area (Å²) in [6.45, 7) is 1.96. The summed E-state index contributed by atoms with van der Waals surface area (Å²) in [5.74, 6) is -0.911. The molecule has 1 saturated heterocycles. The molecule has 94 valence electrons. The molecule has 1 fully saturated rings. The van der Waals surface area contributed by atoms with Crippen LogP contribution in [-0.4, -0.2) is 28.9 Å². The van der Waals surface area contributed by atoms with Crippen LogP contribution in [0.5, 0.6) is 0 Å². The zero-order valence-electron chi connectivity index (χ0n) is 9.75. The summed E-state index contributed by atoms with van der Waals surface area (Å²) in [6, 6.07) is 9.22. The van der Waals surface area contributed by atoms with Gasteiger partial charge in [0.2, 0.25) is 0 Å². The molecule has 0 aromatic heterocycles. The minimum atomic E-state index is -0.854. The van der Waals surface area contributed by atoms with Gasteiger partial charge in [-0.05, 0) is 19.1 Å².